The van der Waals surface area contributed by atoms with Crippen molar-refractivity contribution >= 4 is 0 Å². The summed E-state index contributed by atoms with van der Waals surface area (Å²) in [6, 6.07) is 8.19. The van der Waals surface area contributed by atoms with Crippen LogP contribution in [0.4, 0.5) is 0 Å². The molecule has 0 aromatic carbocycles. The molecule has 4 heteroatoms. The second kappa shape index (κ2) is 6.12. The van der Waals surface area contributed by atoms with E-state index in [0.717, 1.165) is 12.1 Å². The zero-order valence-corrected chi connectivity index (χ0v) is 10.6. The van der Waals surface area contributed by atoms with Crippen LogP contribution in [-0.4, -0.2) is 17.1 Å². The van der Waals surface area contributed by atoms with Crippen molar-refractivity contribution in [2.75, 3.05) is 7.11 Å². The second-order valence-electron chi connectivity index (χ2n) is 4.10. The van der Waals surface area contributed by atoms with Gasteiger partial charge in [-0.15, -0.1) is 0 Å². The molecule has 0 saturated heterocycles. The molecule has 18 heavy (non-hydrogen) atoms. The normalized spacial score (nSPS) is 12.1. The van der Waals surface area contributed by atoms with Crippen molar-refractivity contribution in [1.82, 2.24) is 15.3 Å². The number of ether oxygens (including phenoxy) is 1. The number of nitrogens with one attached hydrogen (secondary N) is 1. The molecule has 4 nitrogen and oxygen atoms in total. The zero-order valence-electron chi connectivity index (χ0n) is 10.6. The Bertz CT molecular complexity index is 487. The summed E-state index contributed by atoms with van der Waals surface area (Å²) >= 11 is 0. The van der Waals surface area contributed by atoms with Gasteiger partial charge in [0.05, 0.1) is 7.11 Å². The van der Waals surface area contributed by atoms with E-state index in [0.29, 0.717) is 5.88 Å². The molecule has 2 heterocycles. The van der Waals surface area contributed by atoms with Crippen molar-refractivity contribution in [1.29, 1.82) is 0 Å². The quantitative estimate of drug-likeness (QED) is 0.875. The first-order chi connectivity index (χ1) is 8.79. The SMILES string of the molecule is COc1cc(CNC(C)c2cccnc2)ccn1. The van der Waals surface area contributed by atoms with Gasteiger partial charge in [0.2, 0.25) is 5.88 Å². The molecule has 0 amide bonds. The van der Waals surface area contributed by atoms with E-state index in [1.807, 2.05) is 24.4 Å². The van der Waals surface area contributed by atoms with E-state index in [2.05, 4.69) is 28.3 Å². The van der Waals surface area contributed by atoms with Crippen LogP contribution in [0.15, 0.2) is 42.9 Å². The van der Waals surface area contributed by atoms with Gasteiger partial charge in [0.1, 0.15) is 0 Å². The first kappa shape index (κ1) is 12.5. The maximum Gasteiger partial charge on any atom is 0.213 e. The monoisotopic (exact) mass is 243 g/mol. The molecule has 0 radical (unpaired) electrons. The number of aromatic nitrogens is 2. The van der Waals surface area contributed by atoms with Gasteiger partial charge >= 0.3 is 0 Å². The van der Waals surface area contributed by atoms with Gasteiger partial charge in [-0.05, 0) is 30.2 Å². The average molecular weight is 243 g/mol. The molecule has 0 aliphatic carbocycles. The lowest BCUT2D eigenvalue weighted by Gasteiger charge is -2.13. The predicted octanol–water partition coefficient (Wildman–Crippen LogP) is 2.34. The van der Waals surface area contributed by atoms with Crippen LogP contribution in [0, 0.1) is 0 Å². The van der Waals surface area contributed by atoms with Gasteiger partial charge in [0.15, 0.2) is 0 Å². The van der Waals surface area contributed by atoms with Crippen molar-refractivity contribution in [3.8, 4) is 5.88 Å². The Morgan fingerprint density at radius 2 is 2.22 bits per heavy atom. The van der Waals surface area contributed by atoms with E-state index < -0.39 is 0 Å². The minimum absolute atomic E-state index is 0.262. The van der Waals surface area contributed by atoms with Gasteiger partial charge in [-0.25, -0.2) is 4.98 Å². The van der Waals surface area contributed by atoms with Crippen LogP contribution in [0.3, 0.4) is 0 Å². The summed E-state index contributed by atoms with van der Waals surface area (Å²) in [7, 11) is 1.62. The minimum atomic E-state index is 0.262. The highest BCUT2D eigenvalue weighted by Crippen LogP contribution is 2.13. The topological polar surface area (TPSA) is 47.0 Å². The first-order valence-corrected chi connectivity index (χ1v) is 5.92. The van der Waals surface area contributed by atoms with Crippen LogP contribution in [-0.2, 0) is 6.54 Å². The van der Waals surface area contributed by atoms with Crippen LogP contribution in [0.1, 0.15) is 24.1 Å². The van der Waals surface area contributed by atoms with E-state index in [-0.39, 0.29) is 6.04 Å². The molecule has 0 fully saturated rings. The fraction of sp³-hybridized carbons (Fsp3) is 0.286. The fourth-order valence-electron chi connectivity index (χ4n) is 1.69. The summed E-state index contributed by atoms with van der Waals surface area (Å²) in [5, 5.41) is 3.44. The number of nitrogens with zero attached hydrogens (tertiary/aromatic N) is 2. The molecule has 1 unspecified atom stereocenters. The number of hydrogen-bond donors (Lipinski definition) is 1. The number of hydrogen-bond acceptors (Lipinski definition) is 4. The lowest BCUT2D eigenvalue weighted by atomic mass is 10.1. The van der Waals surface area contributed by atoms with Crippen molar-refractivity contribution < 1.29 is 4.74 Å². The van der Waals surface area contributed by atoms with E-state index >= 15 is 0 Å². The summed E-state index contributed by atoms with van der Waals surface area (Å²) in [6.45, 7) is 2.89. The maximum absolute atomic E-state index is 5.10. The molecule has 2 rings (SSSR count). The summed E-state index contributed by atoms with van der Waals surface area (Å²) in [5.74, 6) is 0.642. The Kier molecular flexibility index (Phi) is 4.25. The molecule has 94 valence electrons. The molecule has 0 aliphatic rings. The summed E-state index contributed by atoms with van der Waals surface area (Å²) in [5.41, 5.74) is 2.33. The third-order valence-electron chi connectivity index (χ3n) is 2.81. The van der Waals surface area contributed by atoms with Crippen molar-refractivity contribution in [2.24, 2.45) is 0 Å². The van der Waals surface area contributed by atoms with Crippen molar-refractivity contribution in [2.45, 2.75) is 19.5 Å². The molecular formula is C14H17N3O. The molecule has 0 aliphatic heterocycles. The molecule has 0 bridgehead atoms. The summed E-state index contributed by atoms with van der Waals surface area (Å²) in [6.07, 6.45) is 5.42. The van der Waals surface area contributed by atoms with E-state index in [1.54, 1.807) is 19.5 Å². The van der Waals surface area contributed by atoms with Crippen molar-refractivity contribution in [3.05, 3.63) is 54.0 Å². The van der Waals surface area contributed by atoms with Crippen LogP contribution in [0.2, 0.25) is 0 Å². The minimum Gasteiger partial charge on any atom is -0.481 e. The first-order valence-electron chi connectivity index (χ1n) is 5.92. The Morgan fingerprint density at radius 1 is 1.33 bits per heavy atom. The van der Waals surface area contributed by atoms with Crippen LogP contribution in [0.25, 0.3) is 0 Å². The number of rotatable bonds is 5. The van der Waals surface area contributed by atoms with Gasteiger partial charge in [-0.1, -0.05) is 6.07 Å². The molecule has 2 aromatic rings. The average Bonchev–Trinajstić information content (AvgIpc) is 2.46. The third kappa shape index (κ3) is 3.28. The van der Waals surface area contributed by atoms with E-state index in [4.69, 9.17) is 4.74 Å². The Balaban J connectivity index is 1.95. The largest absolute Gasteiger partial charge is 0.481 e. The van der Waals surface area contributed by atoms with Gasteiger partial charge in [0, 0.05) is 37.2 Å². The maximum atomic E-state index is 5.10. The zero-order chi connectivity index (χ0) is 12.8. The highest BCUT2D eigenvalue weighted by molar-refractivity contribution is 5.21. The van der Waals surface area contributed by atoms with Crippen LogP contribution >= 0.6 is 0 Å². The standard InChI is InChI=1S/C14H17N3O/c1-11(13-4-3-6-15-10-13)17-9-12-5-7-16-14(8-12)18-2/h3-8,10-11,17H,9H2,1-2H3. The highest BCUT2D eigenvalue weighted by atomic mass is 16.5. The Labute approximate surface area is 107 Å². The predicted molar refractivity (Wildman–Crippen MR) is 70.3 cm³/mol. The lowest BCUT2D eigenvalue weighted by Crippen LogP contribution is -2.18. The van der Waals surface area contributed by atoms with Gasteiger partial charge in [-0.2, -0.15) is 0 Å². The number of methoxy groups -OCH3 is 1. The molecule has 0 spiro atoms. The van der Waals surface area contributed by atoms with Gasteiger partial charge < -0.3 is 10.1 Å². The molecule has 1 N–H and O–H groups in total. The van der Waals surface area contributed by atoms with Gasteiger partial charge in [0.25, 0.3) is 0 Å². The lowest BCUT2D eigenvalue weighted by molar-refractivity contribution is 0.397. The fourth-order valence-corrected chi connectivity index (χ4v) is 1.69. The van der Waals surface area contributed by atoms with E-state index in [1.165, 1.54) is 5.56 Å². The van der Waals surface area contributed by atoms with Crippen LogP contribution < -0.4 is 10.1 Å². The summed E-state index contributed by atoms with van der Waals surface area (Å²) < 4.78 is 5.10. The van der Waals surface area contributed by atoms with Crippen LogP contribution in [0.5, 0.6) is 5.88 Å². The van der Waals surface area contributed by atoms with Crippen molar-refractivity contribution in [3.63, 3.8) is 0 Å². The smallest absolute Gasteiger partial charge is 0.213 e. The Hall–Kier alpha value is -1.94. The second-order valence-corrected chi connectivity index (χ2v) is 4.10. The molecule has 0 saturated carbocycles. The molecule has 2 aromatic heterocycles. The third-order valence-corrected chi connectivity index (χ3v) is 2.81. The Morgan fingerprint density at radius 3 is 2.94 bits per heavy atom. The molecule has 1 atom stereocenters. The highest BCUT2D eigenvalue weighted by Gasteiger charge is 2.04. The molecular weight excluding hydrogens is 226 g/mol. The van der Waals surface area contributed by atoms with E-state index in [9.17, 15) is 0 Å². The van der Waals surface area contributed by atoms with Gasteiger partial charge in [-0.3, -0.25) is 4.98 Å². The summed E-state index contributed by atoms with van der Waals surface area (Å²) in [4.78, 5) is 8.20. The number of pyridine rings is 2.